The Balaban J connectivity index is 1.71. The Morgan fingerprint density at radius 3 is 1.36 bits per heavy atom. The minimum Gasteiger partial charge on any atom is -0.0616 e. The Bertz CT molecular complexity index is 1450. The summed E-state index contributed by atoms with van der Waals surface area (Å²) in [4.78, 5) is 0. The molecule has 178 valence electrons. The molecule has 0 amide bonds. The van der Waals surface area contributed by atoms with Gasteiger partial charge in [-0.2, -0.15) is 0 Å². The lowest BCUT2D eigenvalue weighted by Crippen LogP contribution is -2.10. The summed E-state index contributed by atoms with van der Waals surface area (Å²) < 4.78 is 0. The molecule has 0 nitrogen and oxygen atoms in total. The zero-order chi connectivity index (χ0) is 25.5. The van der Waals surface area contributed by atoms with Crippen molar-refractivity contribution >= 4 is 11.1 Å². The standard InChI is InChI=1S/C36H34/c1-35(2,3)27-20-15-25(16-21-27)17-24-29(26-18-22-28(23-19-26)36(4,5)6)34-32-13-9-7-11-30(32)31-12-8-10-14-33(31)34/h7-16,18-23H,1-6H3. The van der Waals surface area contributed by atoms with Gasteiger partial charge in [-0.25, -0.2) is 0 Å². The molecular weight excluding hydrogens is 432 g/mol. The van der Waals surface area contributed by atoms with Crippen molar-refractivity contribution in [2.24, 2.45) is 0 Å². The molecule has 36 heavy (non-hydrogen) atoms. The second-order valence-electron chi connectivity index (χ2n) is 11.7. The summed E-state index contributed by atoms with van der Waals surface area (Å²) in [6.07, 6.45) is 0. The highest BCUT2D eigenvalue weighted by Crippen LogP contribution is 2.47. The molecule has 0 fully saturated rings. The maximum Gasteiger partial charge on any atom is 0.0406 e. The zero-order valence-corrected chi connectivity index (χ0v) is 22.2. The summed E-state index contributed by atoms with van der Waals surface area (Å²) >= 11 is 0. The van der Waals surface area contributed by atoms with Crippen LogP contribution in [0, 0.1) is 11.8 Å². The first-order chi connectivity index (χ1) is 17.1. The second-order valence-corrected chi connectivity index (χ2v) is 11.7. The summed E-state index contributed by atoms with van der Waals surface area (Å²) in [5.41, 5.74) is 12.5. The summed E-state index contributed by atoms with van der Waals surface area (Å²) in [5.74, 6) is 7.12. The van der Waals surface area contributed by atoms with Crippen molar-refractivity contribution in [1.82, 2.24) is 0 Å². The third-order valence-electron chi connectivity index (χ3n) is 7.06. The molecular formula is C36H34. The van der Waals surface area contributed by atoms with Crippen LogP contribution >= 0.6 is 0 Å². The second kappa shape index (κ2) is 9.00. The van der Waals surface area contributed by atoms with Crippen LogP contribution < -0.4 is 0 Å². The minimum atomic E-state index is 0.110. The van der Waals surface area contributed by atoms with Crippen LogP contribution in [-0.4, -0.2) is 0 Å². The molecule has 0 heterocycles. The predicted octanol–water partition coefficient (Wildman–Crippen LogP) is 9.27. The molecule has 0 unspecified atom stereocenters. The van der Waals surface area contributed by atoms with Gasteiger partial charge >= 0.3 is 0 Å². The first-order valence-electron chi connectivity index (χ1n) is 12.8. The molecule has 1 aliphatic carbocycles. The van der Waals surface area contributed by atoms with E-state index < -0.39 is 0 Å². The van der Waals surface area contributed by atoms with Gasteiger partial charge in [-0.15, -0.1) is 0 Å². The van der Waals surface area contributed by atoms with Crippen LogP contribution in [0.1, 0.15) is 74.9 Å². The monoisotopic (exact) mass is 466 g/mol. The summed E-state index contributed by atoms with van der Waals surface area (Å²) in [7, 11) is 0. The van der Waals surface area contributed by atoms with Gasteiger partial charge in [0.25, 0.3) is 0 Å². The highest BCUT2D eigenvalue weighted by Gasteiger charge is 2.26. The molecule has 0 N–H and O–H groups in total. The van der Waals surface area contributed by atoms with Crippen LogP contribution in [0.3, 0.4) is 0 Å². The zero-order valence-electron chi connectivity index (χ0n) is 22.2. The Hall–Kier alpha value is -3.82. The van der Waals surface area contributed by atoms with E-state index in [0.717, 1.165) is 16.7 Å². The van der Waals surface area contributed by atoms with E-state index in [1.54, 1.807) is 0 Å². The van der Waals surface area contributed by atoms with E-state index in [1.807, 2.05) is 0 Å². The maximum absolute atomic E-state index is 3.62. The fourth-order valence-electron chi connectivity index (χ4n) is 4.89. The average molecular weight is 467 g/mol. The Morgan fingerprint density at radius 1 is 0.500 bits per heavy atom. The van der Waals surface area contributed by atoms with Gasteiger partial charge in [0.2, 0.25) is 0 Å². The smallest absolute Gasteiger partial charge is 0.0406 e. The number of hydrogen-bond donors (Lipinski definition) is 0. The molecule has 0 spiro atoms. The van der Waals surface area contributed by atoms with Crippen molar-refractivity contribution in [3.63, 3.8) is 0 Å². The minimum absolute atomic E-state index is 0.110. The number of allylic oxidation sites excluding steroid dienone is 1. The number of hydrogen-bond acceptors (Lipinski definition) is 0. The number of fused-ring (bicyclic) bond motifs is 3. The molecule has 5 rings (SSSR count). The van der Waals surface area contributed by atoms with Crippen LogP contribution in [0.2, 0.25) is 0 Å². The topological polar surface area (TPSA) is 0 Å². The maximum atomic E-state index is 3.62. The van der Waals surface area contributed by atoms with E-state index in [0.29, 0.717) is 0 Å². The molecule has 1 aliphatic rings. The van der Waals surface area contributed by atoms with Crippen LogP contribution in [0.25, 0.3) is 22.3 Å². The van der Waals surface area contributed by atoms with Crippen LogP contribution in [-0.2, 0) is 10.8 Å². The van der Waals surface area contributed by atoms with Crippen molar-refractivity contribution < 1.29 is 0 Å². The number of benzene rings is 4. The van der Waals surface area contributed by atoms with Crippen molar-refractivity contribution in [1.29, 1.82) is 0 Å². The molecule has 0 bridgehead atoms. The van der Waals surface area contributed by atoms with Gasteiger partial charge in [-0.1, -0.05) is 138 Å². The van der Waals surface area contributed by atoms with Crippen molar-refractivity contribution in [3.05, 3.63) is 130 Å². The molecule has 0 saturated heterocycles. The summed E-state index contributed by atoms with van der Waals surface area (Å²) in [6.45, 7) is 13.5. The van der Waals surface area contributed by atoms with Gasteiger partial charge in [0.05, 0.1) is 0 Å². The van der Waals surface area contributed by atoms with Crippen molar-refractivity contribution in [3.8, 4) is 23.0 Å². The van der Waals surface area contributed by atoms with E-state index in [9.17, 15) is 0 Å². The van der Waals surface area contributed by atoms with Gasteiger partial charge in [0.15, 0.2) is 0 Å². The molecule has 0 atom stereocenters. The van der Waals surface area contributed by atoms with E-state index in [4.69, 9.17) is 0 Å². The van der Waals surface area contributed by atoms with E-state index >= 15 is 0 Å². The molecule has 0 aliphatic heterocycles. The van der Waals surface area contributed by atoms with Crippen LogP contribution in [0.5, 0.6) is 0 Å². The molecule has 0 aromatic heterocycles. The summed E-state index contributed by atoms with van der Waals surface area (Å²) in [6, 6.07) is 35.1. The lowest BCUT2D eigenvalue weighted by Gasteiger charge is -2.19. The van der Waals surface area contributed by atoms with Crippen LogP contribution in [0.15, 0.2) is 97.1 Å². The molecule has 4 aromatic rings. The van der Waals surface area contributed by atoms with Gasteiger partial charge < -0.3 is 0 Å². The third-order valence-corrected chi connectivity index (χ3v) is 7.06. The average Bonchev–Trinajstić information content (AvgIpc) is 3.18. The predicted molar refractivity (Wildman–Crippen MR) is 155 cm³/mol. The van der Waals surface area contributed by atoms with Gasteiger partial charge in [-0.05, 0) is 61.9 Å². The third kappa shape index (κ3) is 4.55. The fourth-order valence-corrected chi connectivity index (χ4v) is 4.89. The molecule has 4 aromatic carbocycles. The Labute approximate surface area is 216 Å². The van der Waals surface area contributed by atoms with Crippen molar-refractivity contribution in [2.45, 2.75) is 52.4 Å². The first-order valence-corrected chi connectivity index (χ1v) is 12.8. The highest BCUT2D eigenvalue weighted by atomic mass is 14.3. The Kier molecular flexibility index (Phi) is 5.97. The quantitative estimate of drug-likeness (QED) is 0.216. The van der Waals surface area contributed by atoms with E-state index in [1.165, 1.54) is 39.0 Å². The van der Waals surface area contributed by atoms with Crippen LogP contribution in [0.4, 0.5) is 0 Å². The molecule has 0 radical (unpaired) electrons. The van der Waals surface area contributed by atoms with Crippen molar-refractivity contribution in [2.75, 3.05) is 0 Å². The summed E-state index contributed by atoms with van der Waals surface area (Å²) in [5, 5.41) is 0. The van der Waals surface area contributed by atoms with E-state index in [2.05, 4.69) is 150 Å². The molecule has 0 saturated carbocycles. The first kappa shape index (κ1) is 23.9. The normalized spacial score (nSPS) is 12.4. The highest BCUT2D eigenvalue weighted by molar-refractivity contribution is 6.13. The Morgan fingerprint density at radius 2 is 0.917 bits per heavy atom. The lowest BCUT2D eigenvalue weighted by atomic mass is 9.85. The molecule has 0 heteroatoms. The largest absolute Gasteiger partial charge is 0.0616 e. The lowest BCUT2D eigenvalue weighted by molar-refractivity contribution is 0.590. The van der Waals surface area contributed by atoms with Gasteiger partial charge in [0, 0.05) is 16.7 Å². The van der Waals surface area contributed by atoms with Gasteiger partial charge in [0.1, 0.15) is 0 Å². The fraction of sp³-hybridized carbons (Fsp3) is 0.222. The SMILES string of the molecule is CC(C)(C)c1ccc(C#CC(=C2c3ccccc3-c3ccccc32)c2ccc(C(C)(C)C)cc2)cc1. The number of rotatable bonds is 1. The van der Waals surface area contributed by atoms with E-state index in [-0.39, 0.29) is 10.8 Å². The van der Waals surface area contributed by atoms with Gasteiger partial charge in [-0.3, -0.25) is 0 Å².